The molecule has 1 saturated carbocycles. The number of pyridine rings is 1. The minimum absolute atomic E-state index is 0.0696. The zero-order valence-corrected chi connectivity index (χ0v) is 11.5. The van der Waals surface area contributed by atoms with Crippen LogP contribution in [-0.2, 0) is 0 Å². The van der Waals surface area contributed by atoms with Crippen molar-refractivity contribution in [3.63, 3.8) is 0 Å². The Hall–Kier alpha value is -1.62. The molecule has 0 spiro atoms. The van der Waals surface area contributed by atoms with E-state index in [1.165, 1.54) is 30.6 Å². The summed E-state index contributed by atoms with van der Waals surface area (Å²) >= 11 is 1.36. The minimum atomic E-state index is -0.0696. The van der Waals surface area contributed by atoms with Gasteiger partial charge in [0.1, 0.15) is 9.71 Å². The highest BCUT2D eigenvalue weighted by atomic mass is 32.1. The first-order chi connectivity index (χ1) is 9.25. The van der Waals surface area contributed by atoms with Gasteiger partial charge in [-0.05, 0) is 24.5 Å². The Kier molecular flexibility index (Phi) is 3.38. The first kappa shape index (κ1) is 12.4. The van der Waals surface area contributed by atoms with Crippen LogP contribution < -0.4 is 11.1 Å². The van der Waals surface area contributed by atoms with Gasteiger partial charge in [-0.3, -0.25) is 4.79 Å². The van der Waals surface area contributed by atoms with Crippen molar-refractivity contribution in [1.82, 2.24) is 10.3 Å². The number of thiophene rings is 1. The molecule has 0 bridgehead atoms. The molecular formula is C14H17N3OS. The van der Waals surface area contributed by atoms with E-state index in [9.17, 15) is 4.79 Å². The summed E-state index contributed by atoms with van der Waals surface area (Å²) in [6.07, 6.45) is 6.76. The maximum Gasteiger partial charge on any atom is 0.263 e. The quantitative estimate of drug-likeness (QED) is 0.901. The molecular weight excluding hydrogens is 258 g/mol. The van der Waals surface area contributed by atoms with E-state index < -0.39 is 0 Å². The van der Waals surface area contributed by atoms with Gasteiger partial charge in [-0.25, -0.2) is 4.98 Å². The number of nitrogens with one attached hydrogen (secondary N) is 1. The predicted octanol–water partition coefficient (Wildman–Crippen LogP) is 2.80. The van der Waals surface area contributed by atoms with Crippen LogP contribution in [0.4, 0.5) is 5.69 Å². The molecule has 3 rings (SSSR count). The van der Waals surface area contributed by atoms with E-state index in [1.54, 1.807) is 6.20 Å². The van der Waals surface area contributed by atoms with Crippen molar-refractivity contribution < 1.29 is 4.79 Å². The van der Waals surface area contributed by atoms with Gasteiger partial charge >= 0.3 is 0 Å². The fourth-order valence-electron chi connectivity index (χ4n) is 2.37. The summed E-state index contributed by atoms with van der Waals surface area (Å²) in [4.78, 5) is 17.8. The lowest BCUT2D eigenvalue weighted by molar-refractivity contribution is 0.0954. The van der Waals surface area contributed by atoms with Gasteiger partial charge in [0.15, 0.2) is 0 Å². The van der Waals surface area contributed by atoms with E-state index in [-0.39, 0.29) is 5.91 Å². The zero-order valence-electron chi connectivity index (χ0n) is 10.7. The maximum absolute atomic E-state index is 12.1. The molecule has 2 aromatic heterocycles. The average molecular weight is 275 g/mol. The Morgan fingerprint density at radius 1 is 1.53 bits per heavy atom. The molecule has 2 aromatic rings. The molecule has 0 atom stereocenters. The highest BCUT2D eigenvalue weighted by Gasteiger charge is 2.19. The molecule has 3 N–H and O–H groups in total. The van der Waals surface area contributed by atoms with Crippen LogP contribution in [0, 0.1) is 5.92 Å². The van der Waals surface area contributed by atoms with E-state index in [0.29, 0.717) is 10.6 Å². The molecule has 0 aliphatic heterocycles. The lowest BCUT2D eigenvalue weighted by Crippen LogP contribution is -2.27. The first-order valence-electron chi connectivity index (χ1n) is 6.67. The summed E-state index contributed by atoms with van der Waals surface area (Å²) in [6, 6.07) is 3.74. The van der Waals surface area contributed by atoms with E-state index in [4.69, 9.17) is 5.73 Å². The van der Waals surface area contributed by atoms with Crippen molar-refractivity contribution in [2.45, 2.75) is 25.7 Å². The fourth-order valence-corrected chi connectivity index (χ4v) is 3.35. The summed E-state index contributed by atoms with van der Waals surface area (Å²) < 4.78 is 0. The molecule has 0 unspecified atom stereocenters. The SMILES string of the molecule is Nc1c(C(=O)NCCC2CCC2)sc2ncccc12. The van der Waals surface area contributed by atoms with E-state index in [0.717, 1.165) is 29.1 Å². The van der Waals surface area contributed by atoms with E-state index in [1.807, 2.05) is 12.1 Å². The lowest BCUT2D eigenvalue weighted by atomic mass is 9.83. The Labute approximate surface area is 116 Å². The van der Waals surface area contributed by atoms with Crippen LogP contribution in [0.2, 0.25) is 0 Å². The Bertz CT molecular complexity index is 604. The van der Waals surface area contributed by atoms with E-state index >= 15 is 0 Å². The number of fused-ring (bicyclic) bond motifs is 1. The average Bonchev–Trinajstić information content (AvgIpc) is 2.70. The van der Waals surface area contributed by atoms with Crippen molar-refractivity contribution in [3.8, 4) is 0 Å². The van der Waals surface area contributed by atoms with Gasteiger partial charge < -0.3 is 11.1 Å². The van der Waals surface area contributed by atoms with Crippen molar-refractivity contribution in [1.29, 1.82) is 0 Å². The number of carbonyl (C=O) groups excluding carboxylic acids is 1. The number of hydrogen-bond acceptors (Lipinski definition) is 4. The molecule has 100 valence electrons. The fraction of sp³-hybridized carbons (Fsp3) is 0.429. The van der Waals surface area contributed by atoms with Crippen LogP contribution in [0.1, 0.15) is 35.4 Å². The molecule has 1 aliphatic rings. The third-order valence-corrected chi connectivity index (χ3v) is 4.90. The van der Waals surface area contributed by atoms with Gasteiger partial charge in [-0.1, -0.05) is 19.3 Å². The number of rotatable bonds is 4. The zero-order chi connectivity index (χ0) is 13.2. The molecule has 0 saturated heterocycles. The number of anilines is 1. The maximum atomic E-state index is 12.1. The van der Waals surface area contributed by atoms with Crippen LogP contribution in [0.3, 0.4) is 0 Å². The minimum Gasteiger partial charge on any atom is -0.397 e. The van der Waals surface area contributed by atoms with Crippen LogP contribution in [0.25, 0.3) is 10.2 Å². The summed E-state index contributed by atoms with van der Waals surface area (Å²) in [5, 5.41) is 3.84. The normalized spacial score (nSPS) is 15.4. The van der Waals surface area contributed by atoms with Gasteiger partial charge in [0.2, 0.25) is 0 Å². The second-order valence-corrected chi connectivity index (χ2v) is 6.04. The smallest absolute Gasteiger partial charge is 0.263 e. The van der Waals surface area contributed by atoms with Crippen LogP contribution in [0.15, 0.2) is 18.3 Å². The van der Waals surface area contributed by atoms with Crippen LogP contribution >= 0.6 is 11.3 Å². The summed E-state index contributed by atoms with van der Waals surface area (Å²) in [5.74, 6) is 0.738. The van der Waals surface area contributed by atoms with Crippen molar-refractivity contribution in [2.75, 3.05) is 12.3 Å². The van der Waals surface area contributed by atoms with Crippen LogP contribution in [0.5, 0.6) is 0 Å². The summed E-state index contributed by atoms with van der Waals surface area (Å²) in [6.45, 7) is 0.741. The number of aromatic nitrogens is 1. The van der Waals surface area contributed by atoms with Gasteiger partial charge in [0.05, 0.1) is 5.69 Å². The standard InChI is InChI=1S/C14H17N3OS/c15-11-10-5-2-7-17-14(10)19-12(11)13(18)16-8-6-9-3-1-4-9/h2,5,7,9H,1,3-4,6,8,15H2,(H,16,18). The molecule has 1 fully saturated rings. The summed E-state index contributed by atoms with van der Waals surface area (Å²) in [5.41, 5.74) is 6.57. The summed E-state index contributed by atoms with van der Waals surface area (Å²) in [7, 11) is 0. The van der Waals surface area contributed by atoms with Gasteiger partial charge in [-0.2, -0.15) is 0 Å². The molecule has 1 amide bonds. The highest BCUT2D eigenvalue weighted by molar-refractivity contribution is 7.21. The van der Waals surface area contributed by atoms with Crippen molar-refractivity contribution >= 4 is 33.1 Å². The molecule has 5 heteroatoms. The van der Waals surface area contributed by atoms with Crippen molar-refractivity contribution in [2.24, 2.45) is 5.92 Å². The number of nitrogens with two attached hydrogens (primary N) is 1. The second kappa shape index (κ2) is 5.17. The Morgan fingerprint density at radius 3 is 3.05 bits per heavy atom. The molecule has 1 aliphatic carbocycles. The van der Waals surface area contributed by atoms with Gasteiger partial charge in [0.25, 0.3) is 5.91 Å². The lowest BCUT2D eigenvalue weighted by Gasteiger charge is -2.25. The Balaban J connectivity index is 1.68. The number of nitrogen functional groups attached to an aromatic ring is 1. The largest absolute Gasteiger partial charge is 0.397 e. The van der Waals surface area contributed by atoms with Crippen LogP contribution in [-0.4, -0.2) is 17.4 Å². The molecule has 0 aromatic carbocycles. The predicted molar refractivity (Wildman–Crippen MR) is 78.3 cm³/mol. The van der Waals surface area contributed by atoms with Crippen molar-refractivity contribution in [3.05, 3.63) is 23.2 Å². The monoisotopic (exact) mass is 275 g/mol. The number of nitrogens with zero attached hydrogens (tertiary/aromatic N) is 1. The molecule has 0 radical (unpaired) electrons. The van der Waals surface area contributed by atoms with E-state index in [2.05, 4.69) is 10.3 Å². The third kappa shape index (κ3) is 2.42. The topological polar surface area (TPSA) is 68.0 Å². The molecule has 2 heterocycles. The number of carbonyl (C=O) groups is 1. The second-order valence-electron chi connectivity index (χ2n) is 5.04. The third-order valence-electron chi connectivity index (χ3n) is 3.77. The molecule has 4 nitrogen and oxygen atoms in total. The highest BCUT2D eigenvalue weighted by Crippen LogP contribution is 2.32. The molecule has 19 heavy (non-hydrogen) atoms. The Morgan fingerprint density at radius 2 is 2.37 bits per heavy atom. The van der Waals surface area contributed by atoms with Gasteiger partial charge in [-0.15, -0.1) is 11.3 Å². The first-order valence-corrected chi connectivity index (χ1v) is 7.48. The number of hydrogen-bond donors (Lipinski definition) is 2. The van der Waals surface area contributed by atoms with Gasteiger partial charge in [0, 0.05) is 18.1 Å². The number of amides is 1.